The number of amides is 1. The predicted molar refractivity (Wildman–Crippen MR) is 88.7 cm³/mol. The number of hydrogen-bond acceptors (Lipinski definition) is 3. The van der Waals surface area contributed by atoms with Gasteiger partial charge in [-0.2, -0.15) is 0 Å². The molecule has 0 aliphatic carbocycles. The third-order valence-electron chi connectivity index (χ3n) is 3.93. The normalized spacial score (nSPS) is 19.4. The van der Waals surface area contributed by atoms with Crippen LogP contribution < -0.4 is 5.32 Å². The van der Waals surface area contributed by atoms with Crippen molar-refractivity contribution in [2.45, 2.75) is 58.2 Å². The van der Waals surface area contributed by atoms with Gasteiger partial charge in [0.1, 0.15) is 11.4 Å². The Bertz CT molecular complexity index is 511. The molecule has 23 heavy (non-hydrogen) atoms. The number of carbonyl (C=O) groups is 1. The molecule has 0 spiro atoms. The number of piperidine rings is 1. The summed E-state index contributed by atoms with van der Waals surface area (Å²) in [6.07, 6.45) is 3.01. The predicted octanol–water partition coefficient (Wildman–Crippen LogP) is 3.70. The van der Waals surface area contributed by atoms with E-state index in [4.69, 9.17) is 4.74 Å². The average Bonchev–Trinajstić information content (AvgIpc) is 2.47. The molecule has 1 unspecified atom stereocenters. The fourth-order valence-electron chi connectivity index (χ4n) is 2.84. The summed E-state index contributed by atoms with van der Waals surface area (Å²) in [6, 6.07) is 6.92. The maximum Gasteiger partial charge on any atom is 0.407 e. The second-order valence-electron chi connectivity index (χ2n) is 7.13. The minimum Gasteiger partial charge on any atom is -0.444 e. The van der Waals surface area contributed by atoms with E-state index in [2.05, 4.69) is 10.2 Å². The number of nitrogens with zero attached hydrogens (tertiary/aromatic N) is 1. The molecule has 0 radical (unpaired) electrons. The van der Waals surface area contributed by atoms with Crippen LogP contribution in [0.3, 0.4) is 0 Å². The van der Waals surface area contributed by atoms with Crippen molar-refractivity contribution in [1.82, 2.24) is 10.2 Å². The molecule has 1 heterocycles. The van der Waals surface area contributed by atoms with Crippen molar-refractivity contribution >= 4 is 6.09 Å². The Morgan fingerprint density at radius 2 is 2.00 bits per heavy atom. The molecule has 5 heteroatoms. The fourth-order valence-corrected chi connectivity index (χ4v) is 2.84. The molecule has 2 rings (SSSR count). The van der Waals surface area contributed by atoms with Crippen molar-refractivity contribution in [2.75, 3.05) is 13.1 Å². The zero-order valence-electron chi connectivity index (χ0n) is 14.3. The van der Waals surface area contributed by atoms with Crippen LogP contribution in [-0.4, -0.2) is 35.7 Å². The van der Waals surface area contributed by atoms with Crippen LogP contribution in [0.15, 0.2) is 24.3 Å². The van der Waals surface area contributed by atoms with Crippen molar-refractivity contribution in [3.05, 3.63) is 35.6 Å². The molecular formula is C18H27FN2O2. The SMILES string of the molecule is CC(C)(C)OC(=O)NCC1CCCCN1Cc1ccc(F)cc1. The minimum atomic E-state index is -0.482. The Morgan fingerprint density at radius 1 is 1.30 bits per heavy atom. The van der Waals surface area contributed by atoms with Gasteiger partial charge in [-0.25, -0.2) is 9.18 Å². The molecule has 1 aliphatic heterocycles. The van der Waals surface area contributed by atoms with Gasteiger partial charge in [0.15, 0.2) is 0 Å². The summed E-state index contributed by atoms with van der Waals surface area (Å²) in [6.45, 7) is 7.92. The van der Waals surface area contributed by atoms with Gasteiger partial charge in [0.2, 0.25) is 0 Å². The van der Waals surface area contributed by atoms with Crippen LogP contribution in [0.4, 0.5) is 9.18 Å². The summed E-state index contributed by atoms with van der Waals surface area (Å²) in [5.74, 6) is -0.212. The van der Waals surface area contributed by atoms with E-state index in [1.165, 1.54) is 18.6 Å². The summed E-state index contributed by atoms with van der Waals surface area (Å²) in [7, 11) is 0. The quantitative estimate of drug-likeness (QED) is 0.919. The van der Waals surface area contributed by atoms with E-state index in [0.29, 0.717) is 12.6 Å². The van der Waals surface area contributed by atoms with Gasteiger partial charge in [-0.15, -0.1) is 0 Å². The highest BCUT2D eigenvalue weighted by Crippen LogP contribution is 2.19. The Kier molecular flexibility index (Phi) is 5.99. The Balaban J connectivity index is 1.88. The monoisotopic (exact) mass is 322 g/mol. The number of rotatable bonds is 4. The van der Waals surface area contributed by atoms with Gasteiger partial charge < -0.3 is 10.1 Å². The first-order chi connectivity index (χ1) is 10.8. The molecule has 1 aromatic carbocycles. The first-order valence-corrected chi connectivity index (χ1v) is 8.29. The lowest BCUT2D eigenvalue weighted by Crippen LogP contribution is -2.47. The number of carbonyl (C=O) groups excluding carboxylic acids is 1. The van der Waals surface area contributed by atoms with Crippen LogP contribution in [0.5, 0.6) is 0 Å². The number of likely N-dealkylation sites (tertiary alicyclic amines) is 1. The van der Waals surface area contributed by atoms with E-state index in [0.717, 1.165) is 31.5 Å². The number of hydrogen-bond donors (Lipinski definition) is 1. The van der Waals surface area contributed by atoms with Gasteiger partial charge >= 0.3 is 6.09 Å². The maximum absolute atomic E-state index is 13.0. The standard InChI is InChI=1S/C18H27FN2O2/c1-18(2,3)23-17(22)20-12-16-6-4-5-11-21(16)13-14-7-9-15(19)10-8-14/h7-10,16H,4-6,11-13H2,1-3H3,(H,20,22). The van der Waals surface area contributed by atoms with Crippen molar-refractivity contribution in [2.24, 2.45) is 0 Å². The van der Waals surface area contributed by atoms with Crippen molar-refractivity contribution in [3.8, 4) is 0 Å². The molecule has 1 saturated heterocycles. The lowest BCUT2D eigenvalue weighted by Gasteiger charge is -2.36. The minimum absolute atomic E-state index is 0.212. The molecule has 128 valence electrons. The fraction of sp³-hybridized carbons (Fsp3) is 0.611. The summed E-state index contributed by atoms with van der Waals surface area (Å²) in [4.78, 5) is 14.2. The van der Waals surface area contributed by atoms with Crippen LogP contribution in [0.25, 0.3) is 0 Å². The molecule has 1 aliphatic rings. The molecule has 1 aromatic rings. The maximum atomic E-state index is 13.0. The van der Waals surface area contributed by atoms with E-state index < -0.39 is 5.60 Å². The highest BCUT2D eigenvalue weighted by atomic mass is 19.1. The van der Waals surface area contributed by atoms with Gasteiger partial charge in [-0.1, -0.05) is 18.6 Å². The van der Waals surface area contributed by atoms with Gasteiger partial charge in [-0.05, 0) is 57.9 Å². The third-order valence-corrected chi connectivity index (χ3v) is 3.93. The highest BCUT2D eigenvalue weighted by Gasteiger charge is 2.24. The van der Waals surface area contributed by atoms with Gasteiger partial charge in [-0.3, -0.25) is 4.90 Å². The lowest BCUT2D eigenvalue weighted by atomic mass is 10.0. The highest BCUT2D eigenvalue weighted by molar-refractivity contribution is 5.67. The largest absolute Gasteiger partial charge is 0.444 e. The second-order valence-corrected chi connectivity index (χ2v) is 7.13. The Hall–Kier alpha value is -1.62. The number of ether oxygens (including phenoxy) is 1. The first kappa shape index (κ1) is 17.7. The number of alkyl carbamates (subject to hydrolysis) is 1. The van der Waals surface area contributed by atoms with E-state index in [1.54, 1.807) is 0 Å². The number of benzene rings is 1. The topological polar surface area (TPSA) is 41.6 Å². The number of nitrogens with one attached hydrogen (secondary N) is 1. The van der Waals surface area contributed by atoms with Crippen LogP contribution in [0, 0.1) is 5.82 Å². The zero-order valence-corrected chi connectivity index (χ0v) is 14.3. The molecule has 0 aromatic heterocycles. The van der Waals surface area contributed by atoms with Crippen molar-refractivity contribution in [3.63, 3.8) is 0 Å². The molecule has 1 N–H and O–H groups in total. The summed E-state index contributed by atoms with van der Waals surface area (Å²) >= 11 is 0. The third kappa shape index (κ3) is 6.18. The van der Waals surface area contributed by atoms with E-state index in [1.807, 2.05) is 32.9 Å². The smallest absolute Gasteiger partial charge is 0.407 e. The van der Waals surface area contributed by atoms with E-state index in [9.17, 15) is 9.18 Å². The first-order valence-electron chi connectivity index (χ1n) is 8.29. The summed E-state index contributed by atoms with van der Waals surface area (Å²) < 4.78 is 18.3. The summed E-state index contributed by atoms with van der Waals surface area (Å²) in [5.41, 5.74) is 0.611. The summed E-state index contributed by atoms with van der Waals surface area (Å²) in [5, 5.41) is 2.87. The molecule has 0 bridgehead atoms. The molecule has 1 fully saturated rings. The van der Waals surface area contributed by atoms with Crippen molar-refractivity contribution in [1.29, 1.82) is 0 Å². The van der Waals surface area contributed by atoms with E-state index >= 15 is 0 Å². The van der Waals surface area contributed by atoms with Crippen LogP contribution >= 0.6 is 0 Å². The Morgan fingerprint density at radius 3 is 2.65 bits per heavy atom. The molecule has 4 nitrogen and oxygen atoms in total. The lowest BCUT2D eigenvalue weighted by molar-refractivity contribution is 0.0492. The van der Waals surface area contributed by atoms with Crippen LogP contribution in [0.1, 0.15) is 45.6 Å². The van der Waals surface area contributed by atoms with Gasteiger partial charge in [0, 0.05) is 19.1 Å². The van der Waals surface area contributed by atoms with Crippen molar-refractivity contribution < 1.29 is 13.9 Å². The molecule has 1 amide bonds. The van der Waals surface area contributed by atoms with Crippen LogP contribution in [0.2, 0.25) is 0 Å². The van der Waals surface area contributed by atoms with Crippen LogP contribution in [-0.2, 0) is 11.3 Å². The Labute approximate surface area is 138 Å². The number of halogens is 1. The molecule has 1 atom stereocenters. The van der Waals surface area contributed by atoms with Gasteiger partial charge in [0.25, 0.3) is 0 Å². The zero-order chi connectivity index (χ0) is 16.9. The second kappa shape index (κ2) is 7.77. The van der Waals surface area contributed by atoms with Gasteiger partial charge in [0.05, 0.1) is 0 Å². The molecule has 0 saturated carbocycles. The van der Waals surface area contributed by atoms with E-state index in [-0.39, 0.29) is 11.9 Å². The molecular weight excluding hydrogens is 295 g/mol. The average molecular weight is 322 g/mol.